The van der Waals surface area contributed by atoms with E-state index < -0.39 is 0 Å². The number of nitrogens with two attached hydrogens (primary N) is 1. The van der Waals surface area contributed by atoms with Crippen LogP contribution in [0.4, 0.5) is 0 Å². The topological polar surface area (TPSA) is 80.5 Å². The number of rotatable bonds is 3. The molecule has 0 radical (unpaired) electrons. The predicted octanol–water partition coefficient (Wildman–Crippen LogP) is 3.10. The van der Waals surface area contributed by atoms with Gasteiger partial charge in [-0.1, -0.05) is 35.5 Å². The molecule has 1 saturated carbocycles. The van der Waals surface area contributed by atoms with Crippen LogP contribution >= 0.6 is 23.4 Å². The molecule has 1 aliphatic carbocycles. The lowest BCUT2D eigenvalue weighted by Gasteiger charge is -2.08. The normalized spacial score (nSPS) is 21.3. The second-order valence-electron chi connectivity index (χ2n) is 5.03. The monoisotopic (exact) mass is 319 g/mol. The van der Waals surface area contributed by atoms with Crippen LogP contribution in [0.2, 0.25) is 5.02 Å². The van der Waals surface area contributed by atoms with Crippen LogP contribution in [-0.2, 0) is 0 Å². The molecule has 3 rings (SSSR count). The van der Waals surface area contributed by atoms with Crippen molar-refractivity contribution < 1.29 is 0 Å². The molecule has 0 amide bonds. The number of aromatic nitrogens is 3. The minimum Gasteiger partial charge on any atom is -0.335 e. The van der Waals surface area contributed by atoms with Gasteiger partial charge in [-0.25, -0.2) is 4.68 Å². The molecular formula is C14H14ClN5S. The maximum Gasteiger partial charge on any atom is 0.210 e. The molecule has 2 aromatic rings. The molecule has 2 unspecified atom stereocenters. The minimum atomic E-state index is 0.152. The Labute approximate surface area is 132 Å². The van der Waals surface area contributed by atoms with Crippen molar-refractivity contribution >= 4 is 23.4 Å². The van der Waals surface area contributed by atoms with Crippen LogP contribution in [0, 0.1) is 17.2 Å². The summed E-state index contributed by atoms with van der Waals surface area (Å²) in [5.74, 6) is 6.80. The van der Waals surface area contributed by atoms with E-state index in [-0.39, 0.29) is 5.92 Å². The third kappa shape index (κ3) is 2.85. The summed E-state index contributed by atoms with van der Waals surface area (Å²) in [6, 6.07) is 9.74. The van der Waals surface area contributed by atoms with Gasteiger partial charge in [-0.2, -0.15) is 5.26 Å². The summed E-state index contributed by atoms with van der Waals surface area (Å²) >= 11 is 7.76. The minimum absolute atomic E-state index is 0.152. The lowest BCUT2D eigenvalue weighted by atomic mass is 10.1. The highest BCUT2D eigenvalue weighted by molar-refractivity contribution is 7.99. The maximum atomic E-state index is 8.96. The predicted molar refractivity (Wildman–Crippen MR) is 83.2 cm³/mol. The SMILES string of the molecule is N#CC1CCC(Sc2nnc(-c3ccccc3Cl)n2N)C1. The third-order valence-electron chi connectivity index (χ3n) is 3.62. The van der Waals surface area contributed by atoms with Gasteiger partial charge in [0.1, 0.15) is 0 Å². The standard InChI is InChI=1S/C14H14ClN5S/c15-12-4-2-1-3-11(12)13-18-19-14(20(13)17)21-10-6-5-9(7-10)8-16/h1-4,9-10H,5-7,17H2. The molecule has 0 aliphatic heterocycles. The molecule has 5 nitrogen and oxygen atoms in total. The summed E-state index contributed by atoms with van der Waals surface area (Å²) in [7, 11) is 0. The van der Waals surface area contributed by atoms with Crippen LogP contribution in [0.25, 0.3) is 11.4 Å². The van der Waals surface area contributed by atoms with Gasteiger partial charge in [0, 0.05) is 16.7 Å². The molecule has 1 aliphatic rings. The molecule has 0 spiro atoms. The highest BCUT2D eigenvalue weighted by Crippen LogP contribution is 2.37. The molecule has 1 aromatic heterocycles. The van der Waals surface area contributed by atoms with E-state index in [1.165, 1.54) is 4.68 Å². The molecule has 2 atom stereocenters. The second kappa shape index (κ2) is 5.96. The van der Waals surface area contributed by atoms with Gasteiger partial charge in [0.15, 0.2) is 5.82 Å². The Morgan fingerprint density at radius 3 is 2.86 bits per heavy atom. The number of hydrogen-bond acceptors (Lipinski definition) is 5. The first-order valence-electron chi connectivity index (χ1n) is 6.70. The maximum absolute atomic E-state index is 8.96. The molecule has 7 heteroatoms. The van der Waals surface area contributed by atoms with Crippen molar-refractivity contribution in [3.8, 4) is 17.5 Å². The molecular weight excluding hydrogens is 306 g/mol. The number of nitrogens with zero attached hydrogens (tertiary/aromatic N) is 4. The largest absolute Gasteiger partial charge is 0.335 e. The van der Waals surface area contributed by atoms with Gasteiger partial charge >= 0.3 is 0 Å². The Balaban J connectivity index is 1.81. The van der Waals surface area contributed by atoms with Gasteiger partial charge in [0.05, 0.1) is 11.1 Å². The first kappa shape index (κ1) is 14.2. The lowest BCUT2D eigenvalue weighted by molar-refractivity contribution is 0.702. The first-order chi connectivity index (χ1) is 10.2. The Morgan fingerprint density at radius 2 is 2.14 bits per heavy atom. The molecule has 1 heterocycles. The third-order valence-corrected chi connectivity index (χ3v) is 5.20. The molecule has 0 saturated heterocycles. The van der Waals surface area contributed by atoms with E-state index in [1.807, 2.05) is 18.2 Å². The Morgan fingerprint density at radius 1 is 1.33 bits per heavy atom. The van der Waals surface area contributed by atoms with Gasteiger partial charge < -0.3 is 5.84 Å². The Bertz CT molecular complexity index is 693. The zero-order chi connectivity index (χ0) is 14.8. The van der Waals surface area contributed by atoms with Gasteiger partial charge in [-0.05, 0) is 31.4 Å². The molecule has 0 bridgehead atoms. The number of benzene rings is 1. The van der Waals surface area contributed by atoms with Crippen molar-refractivity contribution in [1.29, 1.82) is 5.26 Å². The van der Waals surface area contributed by atoms with Crippen molar-refractivity contribution in [1.82, 2.24) is 14.9 Å². The summed E-state index contributed by atoms with van der Waals surface area (Å²) in [4.78, 5) is 0. The summed E-state index contributed by atoms with van der Waals surface area (Å²) in [6.45, 7) is 0. The van der Waals surface area contributed by atoms with E-state index in [9.17, 15) is 0 Å². The summed E-state index contributed by atoms with van der Waals surface area (Å²) in [5, 5.41) is 18.9. The van der Waals surface area contributed by atoms with E-state index in [1.54, 1.807) is 17.8 Å². The van der Waals surface area contributed by atoms with Crippen LogP contribution in [-0.4, -0.2) is 20.1 Å². The van der Waals surface area contributed by atoms with Crippen LogP contribution < -0.4 is 5.84 Å². The number of nitriles is 1. The number of hydrogen-bond donors (Lipinski definition) is 1. The van der Waals surface area contributed by atoms with Crippen molar-refractivity contribution in [3.63, 3.8) is 0 Å². The van der Waals surface area contributed by atoms with Crippen LogP contribution in [0.3, 0.4) is 0 Å². The highest BCUT2D eigenvalue weighted by atomic mass is 35.5. The zero-order valence-electron chi connectivity index (χ0n) is 11.2. The lowest BCUT2D eigenvalue weighted by Crippen LogP contribution is -2.13. The first-order valence-corrected chi connectivity index (χ1v) is 7.96. The fourth-order valence-electron chi connectivity index (χ4n) is 2.50. The van der Waals surface area contributed by atoms with Crippen molar-refractivity contribution in [2.45, 2.75) is 29.7 Å². The van der Waals surface area contributed by atoms with Gasteiger partial charge in [-0.15, -0.1) is 10.2 Å². The van der Waals surface area contributed by atoms with E-state index in [0.717, 1.165) is 24.8 Å². The number of thioether (sulfide) groups is 1. The summed E-state index contributed by atoms with van der Waals surface area (Å²) < 4.78 is 1.48. The van der Waals surface area contributed by atoms with E-state index in [0.29, 0.717) is 21.3 Å². The Hall–Kier alpha value is -1.71. The smallest absolute Gasteiger partial charge is 0.210 e. The van der Waals surface area contributed by atoms with Crippen molar-refractivity contribution in [2.24, 2.45) is 5.92 Å². The van der Waals surface area contributed by atoms with Crippen molar-refractivity contribution in [2.75, 3.05) is 5.84 Å². The van der Waals surface area contributed by atoms with E-state index in [4.69, 9.17) is 22.7 Å². The molecule has 2 N–H and O–H groups in total. The molecule has 1 fully saturated rings. The fourth-order valence-corrected chi connectivity index (χ4v) is 3.89. The average Bonchev–Trinajstić information content (AvgIpc) is 3.08. The number of nitrogen functional groups attached to an aromatic ring is 1. The molecule has 108 valence electrons. The molecule has 1 aromatic carbocycles. The van der Waals surface area contributed by atoms with Gasteiger partial charge in [0.2, 0.25) is 5.16 Å². The summed E-state index contributed by atoms with van der Waals surface area (Å²) in [6.07, 6.45) is 2.84. The van der Waals surface area contributed by atoms with Crippen LogP contribution in [0.5, 0.6) is 0 Å². The van der Waals surface area contributed by atoms with E-state index >= 15 is 0 Å². The van der Waals surface area contributed by atoms with Crippen molar-refractivity contribution in [3.05, 3.63) is 29.3 Å². The average molecular weight is 320 g/mol. The molecule has 21 heavy (non-hydrogen) atoms. The van der Waals surface area contributed by atoms with Crippen LogP contribution in [0.1, 0.15) is 19.3 Å². The van der Waals surface area contributed by atoms with Gasteiger partial charge in [-0.3, -0.25) is 0 Å². The summed E-state index contributed by atoms with van der Waals surface area (Å²) in [5.41, 5.74) is 0.766. The van der Waals surface area contributed by atoms with Gasteiger partial charge in [0.25, 0.3) is 0 Å². The van der Waals surface area contributed by atoms with Crippen LogP contribution in [0.15, 0.2) is 29.4 Å². The highest BCUT2D eigenvalue weighted by Gasteiger charge is 2.27. The zero-order valence-corrected chi connectivity index (χ0v) is 12.8. The second-order valence-corrected chi connectivity index (χ2v) is 6.71. The quantitative estimate of drug-likeness (QED) is 0.879. The van der Waals surface area contributed by atoms with E-state index in [2.05, 4.69) is 16.3 Å². The number of halogens is 1. The Kier molecular flexibility index (Phi) is 4.04. The fraction of sp³-hybridized carbons (Fsp3) is 0.357.